The molecule has 0 radical (unpaired) electrons. The number of allylic oxidation sites excluding steroid dienone is 1. The van der Waals surface area contributed by atoms with Crippen LogP contribution in [0.4, 0.5) is 0 Å². The minimum absolute atomic E-state index is 0.0168. The second kappa shape index (κ2) is 10.6. The molecule has 0 bridgehead atoms. The van der Waals surface area contributed by atoms with Gasteiger partial charge in [-0.05, 0) is 30.6 Å². The van der Waals surface area contributed by atoms with Crippen LogP contribution in [-0.4, -0.2) is 91.2 Å². The predicted molar refractivity (Wildman–Crippen MR) is 134 cm³/mol. The number of hydrogen-bond donors (Lipinski definition) is 1. The molecule has 2 N–H and O–H groups in total. The number of epoxide rings is 2. The molecular weight excluding hydrogens is 508 g/mol. The molecule has 200 valence electrons. The molecule has 12 heteroatoms. The van der Waals surface area contributed by atoms with Crippen molar-refractivity contribution < 1.29 is 35.8 Å². The van der Waals surface area contributed by atoms with Gasteiger partial charge in [-0.1, -0.05) is 42.0 Å². The molecule has 2 heterocycles. The van der Waals surface area contributed by atoms with Crippen molar-refractivity contribution in [1.29, 1.82) is 0 Å². The number of nitrogens with two attached hydrogens (primary N) is 1. The van der Waals surface area contributed by atoms with Crippen LogP contribution in [0.1, 0.15) is 18.4 Å². The fraction of sp³-hybridized carbons (Fsp3) is 0.583. The SMILES string of the molecule is COCCN(CCOC)S(=O)(=O)C1(S(N)(=O)=O)C=CC(CC2CO2)(c2ccccc2)C(CC2CO2)=C1. The van der Waals surface area contributed by atoms with E-state index in [1.807, 2.05) is 30.3 Å². The monoisotopic (exact) mass is 542 g/mol. The van der Waals surface area contributed by atoms with E-state index in [0.717, 1.165) is 9.87 Å². The largest absolute Gasteiger partial charge is 0.383 e. The predicted octanol–water partition coefficient (Wildman–Crippen LogP) is 0.908. The maximum Gasteiger partial charge on any atom is 0.243 e. The summed E-state index contributed by atoms with van der Waals surface area (Å²) in [6, 6.07) is 9.61. The van der Waals surface area contributed by atoms with Gasteiger partial charge in [-0.15, -0.1) is 0 Å². The lowest BCUT2D eigenvalue weighted by molar-refractivity contribution is 0.150. The van der Waals surface area contributed by atoms with E-state index >= 15 is 0 Å². The minimum atomic E-state index is -4.68. The van der Waals surface area contributed by atoms with E-state index in [-0.39, 0.29) is 38.5 Å². The Labute approximate surface area is 213 Å². The summed E-state index contributed by atoms with van der Waals surface area (Å²) >= 11 is 0. The number of sulfonamides is 2. The van der Waals surface area contributed by atoms with Crippen LogP contribution in [-0.2, 0) is 44.4 Å². The molecule has 1 aromatic carbocycles. The summed E-state index contributed by atoms with van der Waals surface area (Å²) < 4.78 is 74.4. The average Bonchev–Trinajstić information content (AvgIpc) is 3.77. The lowest BCUT2D eigenvalue weighted by atomic mass is 9.67. The Morgan fingerprint density at radius 3 is 2.06 bits per heavy atom. The zero-order valence-corrected chi connectivity index (χ0v) is 22.2. The summed E-state index contributed by atoms with van der Waals surface area (Å²) in [5.74, 6) is 0. The summed E-state index contributed by atoms with van der Waals surface area (Å²) in [5, 5.41) is 5.73. The van der Waals surface area contributed by atoms with E-state index in [2.05, 4.69) is 0 Å². The standard InChI is InChI=1S/C24H34N2O8S2/c1-31-12-10-26(11-13-32-2)36(29,30)24(35(25,27)28)9-8-23(16-22-18-34-22,19-6-4-3-5-7-19)20(15-24)14-21-17-33-21/h3-9,15,21-22H,10-14,16-18H2,1-2H3,(H2,25,27,28). The van der Waals surface area contributed by atoms with Gasteiger partial charge in [0, 0.05) is 32.7 Å². The molecule has 4 unspecified atom stereocenters. The highest BCUT2D eigenvalue weighted by atomic mass is 32.3. The maximum absolute atomic E-state index is 14.1. The highest BCUT2D eigenvalue weighted by Gasteiger charge is 2.57. The summed E-state index contributed by atoms with van der Waals surface area (Å²) in [6.07, 6.45) is 5.03. The van der Waals surface area contributed by atoms with Crippen LogP contribution in [0.15, 0.2) is 54.1 Å². The molecule has 3 aliphatic rings. The lowest BCUT2D eigenvalue weighted by Gasteiger charge is -2.42. The van der Waals surface area contributed by atoms with E-state index in [1.54, 1.807) is 6.08 Å². The minimum Gasteiger partial charge on any atom is -0.383 e. The van der Waals surface area contributed by atoms with E-state index in [1.165, 1.54) is 26.4 Å². The highest BCUT2D eigenvalue weighted by Crippen LogP contribution is 2.50. The van der Waals surface area contributed by atoms with Crippen LogP contribution < -0.4 is 5.14 Å². The van der Waals surface area contributed by atoms with Crippen LogP contribution in [0.3, 0.4) is 0 Å². The Kier molecular flexibility index (Phi) is 8.08. The van der Waals surface area contributed by atoms with Gasteiger partial charge in [0.05, 0.1) is 38.6 Å². The van der Waals surface area contributed by atoms with Crippen LogP contribution in [0.2, 0.25) is 0 Å². The third kappa shape index (κ3) is 5.32. The lowest BCUT2D eigenvalue weighted by Crippen LogP contribution is -2.56. The van der Waals surface area contributed by atoms with Crippen molar-refractivity contribution in [2.45, 2.75) is 34.5 Å². The molecule has 0 amide bonds. The molecule has 1 aliphatic carbocycles. The van der Waals surface area contributed by atoms with Crippen molar-refractivity contribution in [2.75, 3.05) is 53.7 Å². The summed E-state index contributed by atoms with van der Waals surface area (Å²) in [7, 11) is -6.35. The second-order valence-electron chi connectivity index (χ2n) is 9.32. The molecule has 4 rings (SSSR count). The molecule has 0 saturated carbocycles. The molecule has 2 fully saturated rings. The average molecular weight is 543 g/mol. The van der Waals surface area contributed by atoms with Crippen molar-refractivity contribution in [3.8, 4) is 0 Å². The first-order chi connectivity index (χ1) is 17.1. The molecule has 1 aromatic rings. The molecule has 2 saturated heterocycles. The Bertz CT molecular complexity index is 1190. The van der Waals surface area contributed by atoms with Crippen LogP contribution in [0, 0.1) is 0 Å². The first-order valence-corrected chi connectivity index (χ1v) is 14.8. The number of benzene rings is 1. The van der Waals surface area contributed by atoms with E-state index < -0.39 is 29.5 Å². The molecule has 36 heavy (non-hydrogen) atoms. The smallest absolute Gasteiger partial charge is 0.243 e. The van der Waals surface area contributed by atoms with Gasteiger partial charge in [-0.3, -0.25) is 0 Å². The fourth-order valence-corrected chi connectivity index (χ4v) is 8.38. The molecular formula is C24H34N2O8S2. The van der Waals surface area contributed by atoms with Gasteiger partial charge < -0.3 is 18.9 Å². The highest BCUT2D eigenvalue weighted by molar-refractivity contribution is 8.08. The van der Waals surface area contributed by atoms with Crippen molar-refractivity contribution >= 4 is 20.0 Å². The number of primary sulfonamides is 1. The van der Waals surface area contributed by atoms with Crippen molar-refractivity contribution in [1.82, 2.24) is 4.31 Å². The number of hydrogen-bond acceptors (Lipinski definition) is 8. The van der Waals surface area contributed by atoms with Gasteiger partial charge in [0.2, 0.25) is 24.1 Å². The Morgan fingerprint density at radius 2 is 1.56 bits per heavy atom. The third-order valence-electron chi connectivity index (χ3n) is 6.92. The molecule has 0 aromatic heterocycles. The quantitative estimate of drug-likeness (QED) is 0.270. The van der Waals surface area contributed by atoms with Gasteiger partial charge in [-0.2, -0.15) is 4.31 Å². The normalized spacial score (nSPS) is 29.8. The van der Waals surface area contributed by atoms with Crippen LogP contribution >= 0.6 is 0 Å². The van der Waals surface area contributed by atoms with Crippen LogP contribution in [0.25, 0.3) is 0 Å². The van der Waals surface area contributed by atoms with Crippen molar-refractivity contribution in [2.24, 2.45) is 5.14 Å². The zero-order valence-electron chi connectivity index (χ0n) is 20.5. The van der Waals surface area contributed by atoms with Gasteiger partial charge >= 0.3 is 0 Å². The van der Waals surface area contributed by atoms with E-state index in [9.17, 15) is 16.8 Å². The number of ether oxygens (including phenoxy) is 4. The van der Waals surface area contributed by atoms with Crippen LogP contribution in [0.5, 0.6) is 0 Å². The molecule has 0 spiro atoms. The number of methoxy groups -OCH3 is 2. The van der Waals surface area contributed by atoms with E-state index in [4.69, 9.17) is 24.1 Å². The van der Waals surface area contributed by atoms with Gasteiger partial charge in [0.25, 0.3) is 0 Å². The summed E-state index contributed by atoms with van der Waals surface area (Å²) in [4.78, 5) is 0. The Hall–Kier alpha value is -1.64. The van der Waals surface area contributed by atoms with Crippen molar-refractivity contribution in [3.05, 3.63) is 59.7 Å². The van der Waals surface area contributed by atoms with Gasteiger partial charge in [-0.25, -0.2) is 22.0 Å². The van der Waals surface area contributed by atoms with Gasteiger partial charge in [0.1, 0.15) is 0 Å². The van der Waals surface area contributed by atoms with Gasteiger partial charge in [0.15, 0.2) is 0 Å². The van der Waals surface area contributed by atoms with Crippen molar-refractivity contribution in [3.63, 3.8) is 0 Å². The summed E-state index contributed by atoms with van der Waals surface area (Å²) in [5.41, 5.74) is 0.784. The first kappa shape index (κ1) is 27.4. The Morgan fingerprint density at radius 1 is 0.972 bits per heavy atom. The number of rotatable bonds is 14. The Balaban J connectivity index is 1.89. The molecule has 2 aliphatic heterocycles. The number of nitrogens with zero attached hydrogens (tertiary/aromatic N) is 1. The molecule has 4 atom stereocenters. The second-order valence-corrected chi connectivity index (χ2v) is 13.5. The molecule has 10 nitrogen and oxygen atoms in total. The zero-order chi connectivity index (χ0) is 26.0. The van der Waals surface area contributed by atoms with E-state index in [0.29, 0.717) is 31.6 Å². The summed E-state index contributed by atoms with van der Waals surface area (Å²) in [6.45, 7) is 1.16. The topological polar surface area (TPSA) is 141 Å². The third-order valence-corrected chi connectivity index (χ3v) is 11.5. The fourth-order valence-electron chi connectivity index (χ4n) is 4.76. The first-order valence-electron chi connectivity index (χ1n) is 11.8. The maximum atomic E-state index is 14.1.